The predicted octanol–water partition coefficient (Wildman–Crippen LogP) is 3.50. The zero-order valence-corrected chi connectivity index (χ0v) is 10.0. The Morgan fingerprint density at radius 2 is 2.12 bits per heavy atom. The van der Waals surface area contributed by atoms with E-state index < -0.39 is 11.6 Å². The quantitative estimate of drug-likeness (QED) is 0.872. The van der Waals surface area contributed by atoms with E-state index >= 15 is 0 Å². The highest BCUT2D eigenvalue weighted by Crippen LogP contribution is 2.37. The van der Waals surface area contributed by atoms with Gasteiger partial charge < -0.3 is 5.32 Å². The molecule has 0 aliphatic carbocycles. The number of rotatable bonds is 3. The van der Waals surface area contributed by atoms with Crippen LogP contribution in [0, 0.1) is 11.6 Å². The fourth-order valence-corrected chi connectivity index (χ4v) is 3.04. The SMILES string of the molecule is CCCNC1CCSc2cc(F)c(F)cc21. The Morgan fingerprint density at radius 3 is 2.88 bits per heavy atom. The van der Waals surface area contributed by atoms with Gasteiger partial charge in [0, 0.05) is 10.9 Å². The normalized spacial score (nSPS) is 19.6. The smallest absolute Gasteiger partial charge is 0.159 e. The predicted molar refractivity (Wildman–Crippen MR) is 62.7 cm³/mol. The van der Waals surface area contributed by atoms with E-state index in [0.29, 0.717) is 0 Å². The lowest BCUT2D eigenvalue weighted by molar-refractivity contribution is 0.479. The Hall–Kier alpha value is -0.610. The standard InChI is InChI=1S/C12H15F2NS/c1-2-4-15-11-3-5-16-12-7-10(14)9(13)6-8(11)12/h6-7,11,15H,2-5H2,1H3. The minimum absolute atomic E-state index is 0.172. The maximum atomic E-state index is 13.2. The van der Waals surface area contributed by atoms with Crippen LogP contribution < -0.4 is 5.32 Å². The molecule has 0 bridgehead atoms. The molecule has 2 rings (SSSR count). The summed E-state index contributed by atoms with van der Waals surface area (Å²) in [5.74, 6) is -0.536. The Bertz CT molecular complexity index is 382. The molecule has 0 aromatic heterocycles. The summed E-state index contributed by atoms with van der Waals surface area (Å²) in [6.07, 6.45) is 2.02. The van der Waals surface area contributed by atoms with Gasteiger partial charge in [-0.1, -0.05) is 6.92 Å². The van der Waals surface area contributed by atoms with Gasteiger partial charge in [-0.2, -0.15) is 0 Å². The molecule has 0 fully saturated rings. The van der Waals surface area contributed by atoms with E-state index in [0.717, 1.165) is 35.6 Å². The molecule has 1 aliphatic rings. The fourth-order valence-electron chi connectivity index (χ4n) is 1.91. The highest BCUT2D eigenvalue weighted by atomic mass is 32.2. The average Bonchev–Trinajstić information content (AvgIpc) is 2.28. The van der Waals surface area contributed by atoms with E-state index in [-0.39, 0.29) is 6.04 Å². The fraction of sp³-hybridized carbons (Fsp3) is 0.500. The Morgan fingerprint density at radius 1 is 1.38 bits per heavy atom. The van der Waals surface area contributed by atoms with Crippen molar-refractivity contribution in [2.75, 3.05) is 12.3 Å². The second-order valence-corrected chi connectivity index (χ2v) is 5.08. The molecule has 1 atom stereocenters. The number of hydrogen-bond acceptors (Lipinski definition) is 2. The number of nitrogens with one attached hydrogen (secondary N) is 1. The van der Waals surface area contributed by atoms with Crippen molar-refractivity contribution in [3.05, 3.63) is 29.3 Å². The molecule has 1 nitrogen and oxygen atoms in total. The second-order valence-electron chi connectivity index (χ2n) is 3.95. The van der Waals surface area contributed by atoms with E-state index in [1.54, 1.807) is 11.8 Å². The molecule has 1 aromatic carbocycles. The first-order valence-electron chi connectivity index (χ1n) is 5.57. The number of hydrogen-bond donors (Lipinski definition) is 1. The van der Waals surface area contributed by atoms with E-state index in [4.69, 9.17) is 0 Å². The number of benzene rings is 1. The topological polar surface area (TPSA) is 12.0 Å². The van der Waals surface area contributed by atoms with Crippen LogP contribution >= 0.6 is 11.8 Å². The summed E-state index contributed by atoms with van der Waals surface area (Å²) in [4.78, 5) is 0.874. The largest absolute Gasteiger partial charge is 0.310 e. The molecular weight excluding hydrogens is 228 g/mol. The minimum atomic E-state index is -0.748. The molecule has 0 radical (unpaired) electrons. The molecule has 4 heteroatoms. The summed E-state index contributed by atoms with van der Waals surface area (Å²) >= 11 is 1.60. The summed E-state index contributed by atoms with van der Waals surface area (Å²) in [5, 5.41) is 3.37. The van der Waals surface area contributed by atoms with Crippen LogP contribution in [0.2, 0.25) is 0 Å². The maximum Gasteiger partial charge on any atom is 0.159 e. The molecule has 1 aliphatic heterocycles. The second kappa shape index (κ2) is 5.15. The third-order valence-electron chi connectivity index (χ3n) is 2.73. The molecule has 0 saturated carbocycles. The van der Waals surface area contributed by atoms with E-state index in [9.17, 15) is 8.78 Å². The van der Waals surface area contributed by atoms with E-state index in [2.05, 4.69) is 12.2 Å². The summed E-state index contributed by atoms with van der Waals surface area (Å²) in [5.41, 5.74) is 0.906. The van der Waals surface area contributed by atoms with Crippen molar-refractivity contribution in [3.8, 4) is 0 Å². The summed E-state index contributed by atoms with van der Waals surface area (Å²) in [6.45, 7) is 3.00. The number of halogens is 2. The highest BCUT2D eigenvalue weighted by molar-refractivity contribution is 7.99. The van der Waals surface area contributed by atoms with E-state index in [1.807, 2.05) is 0 Å². The van der Waals surface area contributed by atoms with Crippen molar-refractivity contribution < 1.29 is 8.78 Å². The first kappa shape index (κ1) is 11.9. The van der Waals surface area contributed by atoms with Crippen LogP contribution in [0.1, 0.15) is 31.4 Å². The van der Waals surface area contributed by atoms with Crippen molar-refractivity contribution in [2.45, 2.75) is 30.7 Å². The van der Waals surface area contributed by atoms with Crippen molar-refractivity contribution in [1.29, 1.82) is 0 Å². The number of thioether (sulfide) groups is 1. The van der Waals surface area contributed by atoms with Crippen LogP contribution in [-0.4, -0.2) is 12.3 Å². The lowest BCUT2D eigenvalue weighted by atomic mass is 10.0. The van der Waals surface area contributed by atoms with Crippen LogP contribution in [0.3, 0.4) is 0 Å². The Labute approximate surface area is 98.6 Å². The third kappa shape index (κ3) is 2.38. The first-order chi connectivity index (χ1) is 7.72. The molecule has 1 heterocycles. The minimum Gasteiger partial charge on any atom is -0.310 e. The average molecular weight is 243 g/mol. The molecule has 0 spiro atoms. The van der Waals surface area contributed by atoms with Crippen molar-refractivity contribution in [1.82, 2.24) is 5.32 Å². The van der Waals surface area contributed by atoms with Gasteiger partial charge in [-0.25, -0.2) is 8.78 Å². The monoisotopic (exact) mass is 243 g/mol. The lowest BCUT2D eigenvalue weighted by Crippen LogP contribution is -2.25. The summed E-state index contributed by atoms with van der Waals surface area (Å²) in [6, 6.07) is 2.82. The third-order valence-corrected chi connectivity index (χ3v) is 3.84. The zero-order valence-electron chi connectivity index (χ0n) is 9.22. The van der Waals surface area contributed by atoms with E-state index in [1.165, 1.54) is 12.1 Å². The first-order valence-corrected chi connectivity index (χ1v) is 6.56. The van der Waals surface area contributed by atoms with Gasteiger partial charge in [-0.15, -0.1) is 11.8 Å². The molecule has 0 amide bonds. The van der Waals surface area contributed by atoms with Crippen LogP contribution in [0.5, 0.6) is 0 Å². The van der Waals surface area contributed by atoms with Gasteiger partial charge >= 0.3 is 0 Å². The van der Waals surface area contributed by atoms with Gasteiger partial charge in [0.15, 0.2) is 11.6 Å². The van der Waals surface area contributed by atoms with Crippen LogP contribution in [0.15, 0.2) is 17.0 Å². The molecule has 88 valence electrons. The maximum absolute atomic E-state index is 13.2. The molecule has 1 unspecified atom stereocenters. The van der Waals surface area contributed by atoms with Crippen molar-refractivity contribution in [2.24, 2.45) is 0 Å². The molecule has 0 saturated heterocycles. The molecule has 1 aromatic rings. The van der Waals surface area contributed by atoms with Crippen LogP contribution in [-0.2, 0) is 0 Å². The lowest BCUT2D eigenvalue weighted by Gasteiger charge is -2.26. The zero-order chi connectivity index (χ0) is 11.5. The molecular formula is C12H15F2NS. The molecule has 1 N–H and O–H groups in total. The van der Waals surface area contributed by atoms with Crippen molar-refractivity contribution >= 4 is 11.8 Å². The van der Waals surface area contributed by atoms with Gasteiger partial charge in [0.1, 0.15) is 0 Å². The van der Waals surface area contributed by atoms with Crippen LogP contribution in [0.4, 0.5) is 8.78 Å². The summed E-state index contributed by atoms with van der Waals surface area (Å²) < 4.78 is 26.3. The van der Waals surface area contributed by atoms with Gasteiger partial charge in [-0.05, 0) is 42.8 Å². The Balaban J connectivity index is 2.27. The Kier molecular flexibility index (Phi) is 3.82. The highest BCUT2D eigenvalue weighted by Gasteiger charge is 2.22. The van der Waals surface area contributed by atoms with Crippen molar-refractivity contribution in [3.63, 3.8) is 0 Å². The summed E-state index contributed by atoms with van der Waals surface area (Å²) in [7, 11) is 0. The molecule has 16 heavy (non-hydrogen) atoms. The van der Waals surface area contributed by atoms with Gasteiger partial charge in [0.05, 0.1) is 0 Å². The number of fused-ring (bicyclic) bond motifs is 1. The van der Waals surface area contributed by atoms with Crippen LogP contribution in [0.25, 0.3) is 0 Å². The van der Waals surface area contributed by atoms with Gasteiger partial charge in [-0.3, -0.25) is 0 Å². The van der Waals surface area contributed by atoms with Gasteiger partial charge in [0.2, 0.25) is 0 Å². The van der Waals surface area contributed by atoms with Gasteiger partial charge in [0.25, 0.3) is 0 Å².